The maximum absolute atomic E-state index is 12.2. The minimum Gasteiger partial charge on any atom is -0.497 e. The van der Waals surface area contributed by atoms with Crippen LogP contribution in [0.25, 0.3) is 0 Å². The van der Waals surface area contributed by atoms with Gasteiger partial charge in [-0.2, -0.15) is 0 Å². The summed E-state index contributed by atoms with van der Waals surface area (Å²) in [5.74, 6) is 0.757. The van der Waals surface area contributed by atoms with Crippen LogP contribution >= 0.6 is 0 Å². The van der Waals surface area contributed by atoms with E-state index in [-0.39, 0.29) is 13.2 Å². The van der Waals surface area contributed by atoms with Gasteiger partial charge in [0.05, 0.1) is 40.1 Å². The number of rotatable bonds is 16. The van der Waals surface area contributed by atoms with Gasteiger partial charge in [-0.3, -0.25) is 0 Å². The smallest absolute Gasteiger partial charge is 0.118 e. The van der Waals surface area contributed by atoms with Crippen molar-refractivity contribution in [3.8, 4) is 5.75 Å². The van der Waals surface area contributed by atoms with Crippen molar-refractivity contribution in [2.24, 2.45) is 0 Å². The Bertz CT molecular complexity index is 1640. The molecule has 0 radical (unpaired) electrons. The maximum Gasteiger partial charge on any atom is 0.118 e. The van der Waals surface area contributed by atoms with Crippen LogP contribution in [0.4, 0.5) is 0 Å². The van der Waals surface area contributed by atoms with Crippen molar-refractivity contribution in [3.05, 3.63) is 173 Å². The van der Waals surface area contributed by atoms with E-state index in [1.165, 1.54) is 0 Å². The fourth-order valence-corrected chi connectivity index (χ4v) is 6.07. The molecular weight excluding hydrogens is 616 g/mol. The Morgan fingerprint density at radius 3 is 0.939 bits per heavy atom. The second kappa shape index (κ2) is 17.9. The number of benzene rings is 5. The topological polar surface area (TPSA) is 75.6 Å². The highest BCUT2D eigenvalue weighted by atomic mass is 16.6. The zero-order valence-electron chi connectivity index (χ0n) is 27.8. The quantitative estimate of drug-likeness (QED) is 0.119. The molecule has 49 heavy (non-hydrogen) atoms. The van der Waals surface area contributed by atoms with E-state index in [0.29, 0.717) is 19.8 Å². The number of aliphatic hydroxyl groups excluding tert-OH is 1. The molecule has 5 aromatic carbocycles. The molecule has 1 saturated carbocycles. The molecule has 0 aromatic heterocycles. The molecule has 1 aliphatic carbocycles. The standard InChI is InChI=1S/C42H44O7/c1-44-36-24-22-35(23-25-36)30-46-39-37(43)38(45-26-31-14-6-2-7-15-31)40(47-27-32-16-8-3-9-17-32)42(49-29-34-20-12-5-13-21-34)41(39)48-28-33-18-10-4-11-19-33/h2-25,37-43H,26-30H2,1H3/t37-,38+,39-,40-,41+,42+/m0/s1. The Labute approximate surface area is 289 Å². The van der Waals surface area contributed by atoms with E-state index in [2.05, 4.69) is 0 Å². The molecule has 0 spiro atoms. The monoisotopic (exact) mass is 660 g/mol. The van der Waals surface area contributed by atoms with Crippen molar-refractivity contribution in [1.82, 2.24) is 0 Å². The third-order valence-electron chi connectivity index (χ3n) is 8.71. The Hall–Kier alpha value is -4.34. The van der Waals surface area contributed by atoms with Gasteiger partial charge in [-0.05, 0) is 39.9 Å². The van der Waals surface area contributed by atoms with Crippen molar-refractivity contribution in [3.63, 3.8) is 0 Å². The lowest BCUT2D eigenvalue weighted by molar-refractivity contribution is -0.283. The summed E-state index contributed by atoms with van der Waals surface area (Å²) >= 11 is 0. The SMILES string of the molecule is COc1ccc(CO[C@H]2[C@@H](O)[C@@H](OCc3ccccc3)[C@H](OCc3ccccc3)[C@@H](OCc3ccccc3)[C@@H]2OCc2ccccc2)cc1. The molecule has 6 atom stereocenters. The average Bonchev–Trinajstić information content (AvgIpc) is 3.16. The molecule has 254 valence electrons. The number of aliphatic hydroxyl groups is 1. The maximum atomic E-state index is 12.2. The molecular formula is C42H44O7. The van der Waals surface area contributed by atoms with Crippen LogP contribution in [0.2, 0.25) is 0 Å². The van der Waals surface area contributed by atoms with Crippen molar-refractivity contribution in [2.45, 2.75) is 69.7 Å². The summed E-state index contributed by atoms with van der Waals surface area (Å²) in [7, 11) is 1.64. The molecule has 5 aromatic rings. The van der Waals surface area contributed by atoms with Gasteiger partial charge in [0.2, 0.25) is 0 Å². The average molecular weight is 661 g/mol. The second-order valence-corrected chi connectivity index (χ2v) is 12.2. The van der Waals surface area contributed by atoms with Crippen LogP contribution in [-0.2, 0) is 56.7 Å². The van der Waals surface area contributed by atoms with Crippen LogP contribution in [0.15, 0.2) is 146 Å². The zero-order valence-corrected chi connectivity index (χ0v) is 27.8. The van der Waals surface area contributed by atoms with Crippen LogP contribution in [-0.4, -0.2) is 48.8 Å². The summed E-state index contributed by atoms with van der Waals surface area (Å²) < 4.78 is 38.7. The first-order chi connectivity index (χ1) is 24.2. The summed E-state index contributed by atoms with van der Waals surface area (Å²) in [6.07, 6.45) is -4.73. The first kappa shape index (κ1) is 34.5. The Morgan fingerprint density at radius 1 is 0.367 bits per heavy atom. The highest BCUT2D eigenvalue weighted by molar-refractivity contribution is 5.27. The third-order valence-corrected chi connectivity index (χ3v) is 8.71. The van der Waals surface area contributed by atoms with Gasteiger partial charge in [0.1, 0.15) is 42.4 Å². The summed E-state index contributed by atoms with van der Waals surface area (Å²) in [4.78, 5) is 0. The van der Waals surface area contributed by atoms with E-state index in [1.807, 2.05) is 146 Å². The number of methoxy groups -OCH3 is 1. The normalized spacial score (nSPS) is 22.1. The number of ether oxygens (including phenoxy) is 6. The number of hydrogen-bond acceptors (Lipinski definition) is 7. The van der Waals surface area contributed by atoms with Crippen LogP contribution in [0.3, 0.4) is 0 Å². The van der Waals surface area contributed by atoms with Crippen molar-refractivity contribution in [1.29, 1.82) is 0 Å². The van der Waals surface area contributed by atoms with Gasteiger partial charge in [-0.25, -0.2) is 0 Å². The molecule has 1 aliphatic rings. The highest BCUT2D eigenvalue weighted by Gasteiger charge is 2.54. The van der Waals surface area contributed by atoms with Gasteiger partial charge in [0.25, 0.3) is 0 Å². The lowest BCUT2D eigenvalue weighted by Crippen LogP contribution is -2.66. The highest BCUT2D eigenvalue weighted by Crippen LogP contribution is 2.35. The van der Waals surface area contributed by atoms with Gasteiger partial charge in [0, 0.05) is 0 Å². The summed E-state index contributed by atoms with van der Waals surface area (Å²) in [5, 5.41) is 12.2. The minimum atomic E-state index is -1.10. The third kappa shape index (κ3) is 9.64. The van der Waals surface area contributed by atoms with Crippen molar-refractivity contribution >= 4 is 0 Å². The first-order valence-corrected chi connectivity index (χ1v) is 16.7. The lowest BCUT2D eigenvalue weighted by atomic mass is 9.83. The molecule has 7 heteroatoms. The van der Waals surface area contributed by atoms with Crippen LogP contribution in [0.1, 0.15) is 27.8 Å². The molecule has 0 saturated heterocycles. The van der Waals surface area contributed by atoms with E-state index in [0.717, 1.165) is 33.6 Å². The van der Waals surface area contributed by atoms with Crippen LogP contribution in [0.5, 0.6) is 5.75 Å². The van der Waals surface area contributed by atoms with E-state index in [1.54, 1.807) is 7.11 Å². The van der Waals surface area contributed by atoms with Gasteiger partial charge < -0.3 is 33.5 Å². The molecule has 0 bridgehead atoms. The molecule has 0 heterocycles. The first-order valence-electron chi connectivity index (χ1n) is 16.7. The Balaban J connectivity index is 1.34. The summed E-state index contributed by atoms with van der Waals surface area (Å²) in [6, 6.07) is 47.6. The van der Waals surface area contributed by atoms with E-state index in [4.69, 9.17) is 28.4 Å². The van der Waals surface area contributed by atoms with Crippen LogP contribution in [0, 0.1) is 0 Å². The zero-order chi connectivity index (χ0) is 33.7. The van der Waals surface area contributed by atoms with Gasteiger partial charge in [-0.1, -0.05) is 133 Å². The fraction of sp³-hybridized carbons (Fsp3) is 0.286. The van der Waals surface area contributed by atoms with Gasteiger partial charge in [0.15, 0.2) is 0 Å². The molecule has 7 nitrogen and oxygen atoms in total. The van der Waals surface area contributed by atoms with Gasteiger partial charge >= 0.3 is 0 Å². The molecule has 6 rings (SSSR count). The molecule has 1 fully saturated rings. The molecule has 0 aliphatic heterocycles. The van der Waals surface area contributed by atoms with E-state index in [9.17, 15) is 5.11 Å². The largest absolute Gasteiger partial charge is 0.497 e. The van der Waals surface area contributed by atoms with Crippen LogP contribution < -0.4 is 4.74 Å². The van der Waals surface area contributed by atoms with E-state index < -0.39 is 36.6 Å². The Morgan fingerprint density at radius 2 is 0.633 bits per heavy atom. The predicted molar refractivity (Wildman–Crippen MR) is 188 cm³/mol. The van der Waals surface area contributed by atoms with Gasteiger partial charge in [-0.15, -0.1) is 0 Å². The predicted octanol–water partition coefficient (Wildman–Crippen LogP) is 7.30. The fourth-order valence-electron chi connectivity index (χ4n) is 6.07. The second-order valence-electron chi connectivity index (χ2n) is 12.2. The summed E-state index contributed by atoms with van der Waals surface area (Å²) in [6.45, 7) is 1.43. The Kier molecular flexibility index (Phi) is 12.6. The minimum absolute atomic E-state index is 0.239. The molecule has 1 N–H and O–H groups in total. The lowest BCUT2D eigenvalue weighted by Gasteiger charge is -2.48. The number of hydrogen-bond donors (Lipinski definition) is 1. The molecule has 0 unspecified atom stereocenters. The molecule has 0 amide bonds. The summed E-state index contributed by atoms with van der Waals surface area (Å²) in [5.41, 5.74) is 4.92. The van der Waals surface area contributed by atoms with Crippen molar-refractivity contribution < 1.29 is 33.5 Å². The van der Waals surface area contributed by atoms with E-state index >= 15 is 0 Å². The van der Waals surface area contributed by atoms with Crippen molar-refractivity contribution in [2.75, 3.05) is 7.11 Å².